The molecule has 1 heterocycles. The molecule has 100 valence electrons. The molecule has 19 heavy (non-hydrogen) atoms. The third-order valence-electron chi connectivity index (χ3n) is 2.57. The fourth-order valence-electron chi connectivity index (χ4n) is 1.60. The van der Waals surface area contributed by atoms with Gasteiger partial charge in [0, 0.05) is 23.6 Å². The smallest absolute Gasteiger partial charge is 0.161 e. The zero-order valence-electron chi connectivity index (χ0n) is 10.4. The molecule has 2 aromatic rings. The molecule has 0 atom stereocenters. The molecule has 0 unspecified atom stereocenters. The molecule has 0 saturated carbocycles. The molecular weight excluding hydrogens is 255 g/mol. The summed E-state index contributed by atoms with van der Waals surface area (Å²) in [7, 11) is 0. The molecule has 0 aliphatic carbocycles. The minimum atomic E-state index is -1.24. The number of nitrogen functional groups attached to an aromatic ring is 1. The minimum Gasteiger partial charge on any atom is -0.384 e. The number of hydrogen-bond donors (Lipinski definition) is 1. The Morgan fingerprint density at radius 2 is 1.58 bits per heavy atom. The number of rotatable bonds is 2. The lowest BCUT2D eigenvalue weighted by Crippen LogP contribution is -2.04. The summed E-state index contributed by atoms with van der Waals surface area (Å²) in [6.45, 7) is 3.69. The van der Waals surface area contributed by atoms with Gasteiger partial charge in [0.2, 0.25) is 0 Å². The first-order valence-electron chi connectivity index (χ1n) is 5.68. The normalized spacial score (nSPS) is 11.1. The summed E-state index contributed by atoms with van der Waals surface area (Å²) < 4.78 is 39.8. The number of hydrogen-bond acceptors (Lipinski definition) is 3. The highest BCUT2D eigenvalue weighted by molar-refractivity contribution is 5.62. The van der Waals surface area contributed by atoms with Gasteiger partial charge < -0.3 is 5.73 Å². The fraction of sp³-hybridized carbons (Fsp3) is 0.231. The highest BCUT2D eigenvalue weighted by Gasteiger charge is 2.15. The quantitative estimate of drug-likeness (QED) is 0.850. The molecule has 0 amide bonds. The molecule has 6 heteroatoms. The van der Waals surface area contributed by atoms with Crippen molar-refractivity contribution in [3.63, 3.8) is 0 Å². The molecule has 0 radical (unpaired) electrons. The predicted molar refractivity (Wildman–Crippen MR) is 65.8 cm³/mol. The van der Waals surface area contributed by atoms with E-state index >= 15 is 0 Å². The predicted octanol–water partition coefficient (Wildman–Crippen LogP) is 3.27. The Labute approximate surface area is 108 Å². The van der Waals surface area contributed by atoms with Gasteiger partial charge in [-0.3, -0.25) is 0 Å². The van der Waals surface area contributed by atoms with Crippen molar-refractivity contribution in [3.8, 4) is 11.3 Å². The van der Waals surface area contributed by atoms with Crippen molar-refractivity contribution in [2.24, 2.45) is 0 Å². The number of nitrogens with two attached hydrogens (primary N) is 1. The van der Waals surface area contributed by atoms with E-state index in [0.717, 1.165) is 6.07 Å². The first-order valence-corrected chi connectivity index (χ1v) is 5.68. The molecule has 0 aliphatic heterocycles. The Morgan fingerprint density at radius 3 is 2.21 bits per heavy atom. The highest BCUT2D eigenvalue weighted by Crippen LogP contribution is 2.26. The molecule has 1 aromatic carbocycles. The van der Waals surface area contributed by atoms with Gasteiger partial charge in [-0.2, -0.15) is 0 Å². The number of benzene rings is 1. The molecule has 2 rings (SSSR count). The first kappa shape index (κ1) is 13.3. The van der Waals surface area contributed by atoms with Crippen molar-refractivity contribution in [3.05, 3.63) is 41.5 Å². The zero-order chi connectivity index (χ0) is 14.2. The van der Waals surface area contributed by atoms with Gasteiger partial charge >= 0.3 is 0 Å². The zero-order valence-corrected chi connectivity index (χ0v) is 10.4. The van der Waals surface area contributed by atoms with Crippen molar-refractivity contribution >= 4 is 5.82 Å². The van der Waals surface area contributed by atoms with Crippen LogP contribution in [0.25, 0.3) is 11.3 Å². The van der Waals surface area contributed by atoms with E-state index in [2.05, 4.69) is 9.97 Å². The molecule has 2 N–H and O–H groups in total. The third-order valence-corrected chi connectivity index (χ3v) is 2.57. The van der Waals surface area contributed by atoms with Crippen LogP contribution in [-0.2, 0) is 0 Å². The van der Waals surface area contributed by atoms with Gasteiger partial charge in [-0.15, -0.1) is 0 Å². The molecule has 1 aromatic heterocycles. The van der Waals surface area contributed by atoms with Crippen molar-refractivity contribution < 1.29 is 13.2 Å². The van der Waals surface area contributed by atoms with E-state index in [1.54, 1.807) is 0 Å². The lowest BCUT2D eigenvalue weighted by atomic mass is 10.1. The van der Waals surface area contributed by atoms with Crippen LogP contribution in [0.2, 0.25) is 0 Å². The molecule has 0 spiro atoms. The van der Waals surface area contributed by atoms with Gasteiger partial charge in [0.1, 0.15) is 17.5 Å². The maximum absolute atomic E-state index is 13.7. The number of anilines is 1. The monoisotopic (exact) mass is 267 g/mol. The maximum Gasteiger partial charge on any atom is 0.161 e. The Bertz CT molecular complexity index is 627. The topological polar surface area (TPSA) is 51.8 Å². The van der Waals surface area contributed by atoms with E-state index in [4.69, 9.17) is 5.73 Å². The van der Waals surface area contributed by atoms with Gasteiger partial charge in [-0.05, 0) is 6.07 Å². The van der Waals surface area contributed by atoms with Crippen LogP contribution >= 0.6 is 0 Å². The molecule has 0 bridgehead atoms. The fourth-order valence-corrected chi connectivity index (χ4v) is 1.60. The summed E-state index contributed by atoms with van der Waals surface area (Å²) >= 11 is 0. The highest BCUT2D eigenvalue weighted by atomic mass is 19.2. The number of nitrogens with zero attached hydrogens (tertiary/aromatic N) is 2. The summed E-state index contributed by atoms with van der Waals surface area (Å²) in [5.74, 6) is -2.73. The largest absolute Gasteiger partial charge is 0.384 e. The van der Waals surface area contributed by atoms with Gasteiger partial charge in [-0.1, -0.05) is 13.8 Å². The number of aromatic nitrogens is 2. The summed E-state index contributed by atoms with van der Waals surface area (Å²) in [4.78, 5) is 8.12. The number of halogens is 3. The van der Waals surface area contributed by atoms with Gasteiger partial charge in [0.25, 0.3) is 0 Å². The average molecular weight is 267 g/mol. The summed E-state index contributed by atoms with van der Waals surface area (Å²) in [6, 6.07) is 2.57. The van der Waals surface area contributed by atoms with Gasteiger partial charge in [-0.25, -0.2) is 23.1 Å². The Morgan fingerprint density at radius 1 is 0.947 bits per heavy atom. The van der Waals surface area contributed by atoms with E-state index in [1.807, 2.05) is 13.8 Å². The second kappa shape index (κ2) is 4.87. The lowest BCUT2D eigenvalue weighted by Gasteiger charge is -2.09. The van der Waals surface area contributed by atoms with E-state index in [1.165, 1.54) is 6.07 Å². The van der Waals surface area contributed by atoms with Crippen molar-refractivity contribution in [1.29, 1.82) is 0 Å². The Hall–Kier alpha value is -2.11. The summed E-state index contributed by atoms with van der Waals surface area (Å²) in [5, 5.41) is 0. The van der Waals surface area contributed by atoms with Crippen LogP contribution in [0, 0.1) is 17.5 Å². The summed E-state index contributed by atoms with van der Waals surface area (Å²) in [6.07, 6.45) is 0. The molecule has 0 saturated heterocycles. The van der Waals surface area contributed by atoms with Crippen LogP contribution in [0.3, 0.4) is 0 Å². The van der Waals surface area contributed by atoms with Gasteiger partial charge in [0.15, 0.2) is 11.6 Å². The van der Waals surface area contributed by atoms with E-state index in [-0.39, 0.29) is 23.0 Å². The standard InChI is InChI=1S/C13H12F3N3/c1-6(2)13-18-11(5-12(17)19-13)7-3-9(15)10(16)4-8(7)14/h3-6H,1-2H3,(H2,17,18,19). The second-order valence-corrected chi connectivity index (χ2v) is 4.44. The Kier molecular flexibility index (Phi) is 3.42. The van der Waals surface area contributed by atoms with Crippen LogP contribution in [0.1, 0.15) is 25.6 Å². The van der Waals surface area contributed by atoms with Crippen molar-refractivity contribution in [2.75, 3.05) is 5.73 Å². The SMILES string of the molecule is CC(C)c1nc(N)cc(-c2cc(F)c(F)cc2F)n1. The second-order valence-electron chi connectivity index (χ2n) is 4.44. The van der Waals surface area contributed by atoms with Gasteiger partial charge in [0.05, 0.1) is 5.69 Å². The van der Waals surface area contributed by atoms with Crippen LogP contribution < -0.4 is 5.73 Å². The lowest BCUT2D eigenvalue weighted by molar-refractivity contribution is 0.496. The van der Waals surface area contributed by atoms with Crippen molar-refractivity contribution in [1.82, 2.24) is 9.97 Å². The Balaban J connectivity index is 2.62. The van der Waals surface area contributed by atoms with Crippen LogP contribution in [0.5, 0.6) is 0 Å². The third kappa shape index (κ3) is 2.67. The van der Waals surface area contributed by atoms with Crippen LogP contribution in [0.4, 0.5) is 19.0 Å². The molecule has 0 fully saturated rings. The van der Waals surface area contributed by atoms with E-state index < -0.39 is 17.5 Å². The average Bonchev–Trinajstić information content (AvgIpc) is 2.33. The first-order chi connectivity index (χ1) is 8.88. The van der Waals surface area contributed by atoms with Crippen LogP contribution in [0.15, 0.2) is 18.2 Å². The van der Waals surface area contributed by atoms with E-state index in [9.17, 15) is 13.2 Å². The van der Waals surface area contributed by atoms with Crippen LogP contribution in [-0.4, -0.2) is 9.97 Å². The molecular formula is C13H12F3N3. The summed E-state index contributed by atoms with van der Waals surface area (Å²) in [5.41, 5.74) is 5.60. The van der Waals surface area contributed by atoms with E-state index in [0.29, 0.717) is 11.9 Å². The maximum atomic E-state index is 13.7. The molecule has 0 aliphatic rings. The van der Waals surface area contributed by atoms with Crippen molar-refractivity contribution in [2.45, 2.75) is 19.8 Å². The minimum absolute atomic E-state index is 0.0180. The molecule has 3 nitrogen and oxygen atoms in total.